The molecule has 1 aliphatic rings. The third-order valence-electron chi connectivity index (χ3n) is 4.62. The molecule has 0 spiro atoms. The number of aromatic nitrogens is 2. The van der Waals surface area contributed by atoms with Gasteiger partial charge in [0.25, 0.3) is 0 Å². The molecular formula is C21H18N4O2S. The number of para-hydroxylation sites is 1. The van der Waals surface area contributed by atoms with Gasteiger partial charge < -0.3 is 20.7 Å². The highest BCUT2D eigenvalue weighted by atomic mass is 32.1. The Kier molecular flexibility index (Phi) is 4.67. The maximum absolute atomic E-state index is 12.3. The molecule has 0 amide bonds. The molecule has 0 bridgehead atoms. The van der Waals surface area contributed by atoms with Crippen molar-refractivity contribution in [3.05, 3.63) is 88.1 Å². The molecule has 2 heterocycles. The summed E-state index contributed by atoms with van der Waals surface area (Å²) in [5.74, 6) is 0.0849. The molecule has 0 radical (unpaired) electrons. The van der Waals surface area contributed by atoms with Crippen molar-refractivity contribution in [2.45, 2.75) is 13.0 Å². The summed E-state index contributed by atoms with van der Waals surface area (Å²) < 4.78 is 0. The minimum atomic E-state index is -0.490. The zero-order chi connectivity index (χ0) is 19.7. The molecule has 7 heteroatoms. The number of thiocarbonyl (C=S) groups is 1. The molecule has 0 saturated heterocycles. The number of hydrogen-bond acceptors (Lipinski definition) is 4. The first-order chi connectivity index (χ1) is 13.5. The lowest BCUT2D eigenvalue weighted by atomic mass is 9.92. The van der Waals surface area contributed by atoms with Crippen LogP contribution in [0.4, 0.5) is 0 Å². The summed E-state index contributed by atoms with van der Waals surface area (Å²) in [4.78, 5) is 19.2. The number of aromatic hydroxyl groups is 1. The Morgan fingerprint density at radius 3 is 2.54 bits per heavy atom. The largest absolute Gasteiger partial charge is 0.507 e. The van der Waals surface area contributed by atoms with Gasteiger partial charge in [-0.3, -0.25) is 0 Å². The van der Waals surface area contributed by atoms with E-state index >= 15 is 0 Å². The van der Waals surface area contributed by atoms with E-state index in [-0.39, 0.29) is 11.8 Å². The van der Waals surface area contributed by atoms with E-state index in [9.17, 15) is 9.90 Å². The molecule has 0 fully saturated rings. The lowest BCUT2D eigenvalue weighted by Gasteiger charge is -2.31. The van der Waals surface area contributed by atoms with Crippen LogP contribution in [-0.4, -0.2) is 20.2 Å². The summed E-state index contributed by atoms with van der Waals surface area (Å²) in [5, 5.41) is 17.1. The Morgan fingerprint density at radius 2 is 1.79 bits per heavy atom. The summed E-state index contributed by atoms with van der Waals surface area (Å²) >= 11 is 5.33. The van der Waals surface area contributed by atoms with Crippen molar-refractivity contribution in [2.24, 2.45) is 0 Å². The molecule has 0 aliphatic carbocycles. The van der Waals surface area contributed by atoms with Crippen LogP contribution < -0.4 is 16.3 Å². The molecular weight excluding hydrogens is 372 g/mol. The summed E-state index contributed by atoms with van der Waals surface area (Å²) in [6.45, 7) is 1.90. The summed E-state index contributed by atoms with van der Waals surface area (Å²) in [5.41, 5.74) is 3.69. The van der Waals surface area contributed by atoms with Crippen LogP contribution in [0.3, 0.4) is 0 Å². The first-order valence-electron chi connectivity index (χ1n) is 8.76. The van der Waals surface area contributed by atoms with Gasteiger partial charge in [-0.1, -0.05) is 42.5 Å². The van der Waals surface area contributed by atoms with Crippen LogP contribution in [0.5, 0.6) is 5.75 Å². The van der Waals surface area contributed by atoms with E-state index < -0.39 is 5.69 Å². The number of benzene rings is 2. The molecule has 0 saturated carbocycles. The van der Waals surface area contributed by atoms with Crippen LogP contribution in [0.15, 0.2) is 71.2 Å². The molecule has 4 rings (SSSR count). The van der Waals surface area contributed by atoms with Gasteiger partial charge >= 0.3 is 5.69 Å². The highest BCUT2D eigenvalue weighted by molar-refractivity contribution is 7.80. The van der Waals surface area contributed by atoms with Gasteiger partial charge in [-0.15, -0.1) is 0 Å². The van der Waals surface area contributed by atoms with Gasteiger partial charge in [-0.2, -0.15) is 4.98 Å². The van der Waals surface area contributed by atoms with Crippen LogP contribution in [0, 0.1) is 0 Å². The maximum Gasteiger partial charge on any atom is 0.345 e. The van der Waals surface area contributed by atoms with E-state index in [0.717, 1.165) is 16.8 Å². The molecule has 1 atom stereocenters. The Labute approximate surface area is 167 Å². The van der Waals surface area contributed by atoms with E-state index in [1.54, 1.807) is 30.3 Å². The number of phenols is 1. The average molecular weight is 390 g/mol. The third kappa shape index (κ3) is 3.39. The minimum absolute atomic E-state index is 0.0849. The normalized spacial score (nSPS) is 16.5. The van der Waals surface area contributed by atoms with Gasteiger partial charge in [0, 0.05) is 16.8 Å². The SMILES string of the molecule is CC1=C(c2cc(-c3ccccc3O)[nH]c(=O)n2)C(c2ccccc2)NC(=S)N1. The predicted molar refractivity (Wildman–Crippen MR) is 113 cm³/mol. The second-order valence-corrected chi connectivity index (χ2v) is 6.89. The lowest BCUT2D eigenvalue weighted by Crippen LogP contribution is -2.43. The van der Waals surface area contributed by atoms with Crippen molar-refractivity contribution in [1.29, 1.82) is 0 Å². The van der Waals surface area contributed by atoms with Gasteiger partial charge in [0.2, 0.25) is 0 Å². The van der Waals surface area contributed by atoms with Crippen LogP contribution >= 0.6 is 12.2 Å². The van der Waals surface area contributed by atoms with Crippen LogP contribution in [-0.2, 0) is 0 Å². The Balaban J connectivity index is 1.89. The van der Waals surface area contributed by atoms with Crippen molar-refractivity contribution in [2.75, 3.05) is 0 Å². The fourth-order valence-electron chi connectivity index (χ4n) is 3.37. The van der Waals surface area contributed by atoms with E-state index in [4.69, 9.17) is 12.2 Å². The third-order valence-corrected chi connectivity index (χ3v) is 4.84. The molecule has 140 valence electrons. The van der Waals surface area contributed by atoms with Gasteiger partial charge in [-0.05, 0) is 42.9 Å². The van der Waals surface area contributed by atoms with Crippen molar-refractivity contribution >= 4 is 22.9 Å². The number of H-pyrrole nitrogens is 1. The standard InChI is InChI=1S/C21H18N4O2S/c1-12-18(19(25-21(28)22-12)13-7-3-2-4-8-13)16-11-15(23-20(27)24-16)14-9-5-6-10-17(14)26/h2-11,19,26H,1H3,(H2,22,25,28)(H,23,24,27). The highest BCUT2D eigenvalue weighted by Crippen LogP contribution is 2.35. The van der Waals surface area contributed by atoms with Crippen LogP contribution in [0.1, 0.15) is 24.2 Å². The molecule has 1 aliphatic heterocycles. The summed E-state index contributed by atoms with van der Waals surface area (Å²) in [7, 11) is 0. The van der Waals surface area contributed by atoms with E-state index in [1.807, 2.05) is 37.3 Å². The van der Waals surface area contributed by atoms with Crippen molar-refractivity contribution < 1.29 is 5.11 Å². The average Bonchev–Trinajstić information content (AvgIpc) is 2.68. The van der Waals surface area contributed by atoms with E-state index in [1.165, 1.54) is 0 Å². The zero-order valence-corrected chi connectivity index (χ0v) is 15.9. The Hall–Kier alpha value is -3.45. The monoisotopic (exact) mass is 390 g/mol. The van der Waals surface area contributed by atoms with Crippen LogP contribution in [0.2, 0.25) is 0 Å². The fraction of sp³-hybridized carbons (Fsp3) is 0.0952. The Morgan fingerprint density at radius 1 is 1.07 bits per heavy atom. The fourth-order valence-corrected chi connectivity index (χ4v) is 3.64. The van der Waals surface area contributed by atoms with Crippen LogP contribution in [0.25, 0.3) is 16.8 Å². The predicted octanol–water partition coefficient (Wildman–Crippen LogP) is 3.09. The second kappa shape index (κ2) is 7.28. The molecule has 1 aromatic heterocycles. The minimum Gasteiger partial charge on any atom is -0.507 e. The lowest BCUT2D eigenvalue weighted by molar-refractivity contribution is 0.477. The highest BCUT2D eigenvalue weighted by Gasteiger charge is 2.27. The molecule has 4 N–H and O–H groups in total. The van der Waals surface area contributed by atoms with Gasteiger partial charge in [0.15, 0.2) is 5.11 Å². The number of allylic oxidation sites excluding steroid dienone is 1. The zero-order valence-electron chi connectivity index (χ0n) is 15.1. The number of nitrogens with one attached hydrogen (secondary N) is 3. The number of hydrogen-bond donors (Lipinski definition) is 4. The number of nitrogens with zero attached hydrogens (tertiary/aromatic N) is 1. The van der Waals surface area contributed by atoms with E-state index in [0.29, 0.717) is 22.1 Å². The smallest absolute Gasteiger partial charge is 0.345 e. The quantitative estimate of drug-likeness (QED) is 0.514. The molecule has 6 nitrogen and oxygen atoms in total. The first kappa shape index (κ1) is 17.9. The first-order valence-corrected chi connectivity index (χ1v) is 9.17. The molecule has 3 aromatic rings. The van der Waals surface area contributed by atoms with Gasteiger partial charge in [0.05, 0.1) is 17.4 Å². The summed E-state index contributed by atoms with van der Waals surface area (Å²) in [6.07, 6.45) is 0. The number of aromatic amines is 1. The maximum atomic E-state index is 12.3. The molecule has 2 aromatic carbocycles. The van der Waals surface area contributed by atoms with Crippen molar-refractivity contribution in [1.82, 2.24) is 20.6 Å². The molecule has 28 heavy (non-hydrogen) atoms. The van der Waals surface area contributed by atoms with Gasteiger partial charge in [-0.25, -0.2) is 4.79 Å². The number of rotatable bonds is 3. The second-order valence-electron chi connectivity index (χ2n) is 6.48. The van der Waals surface area contributed by atoms with Gasteiger partial charge in [0.1, 0.15) is 5.75 Å². The Bertz CT molecular complexity index is 1140. The van der Waals surface area contributed by atoms with Crippen molar-refractivity contribution in [3.63, 3.8) is 0 Å². The molecule has 1 unspecified atom stereocenters. The van der Waals surface area contributed by atoms with E-state index in [2.05, 4.69) is 20.6 Å². The summed E-state index contributed by atoms with van der Waals surface area (Å²) in [6, 6.07) is 18.2. The van der Waals surface area contributed by atoms with Crippen molar-refractivity contribution in [3.8, 4) is 17.0 Å². The number of phenolic OH excluding ortho intramolecular Hbond substituents is 1. The topological polar surface area (TPSA) is 90.0 Å².